The third-order valence-corrected chi connectivity index (χ3v) is 6.78. The molecule has 1 N–H and O–H groups in total. The van der Waals surface area contributed by atoms with Crippen LogP contribution in [0.15, 0.2) is 36.8 Å². The molecule has 2 aliphatic heterocycles. The molecule has 1 fully saturated rings. The van der Waals surface area contributed by atoms with E-state index >= 15 is 0 Å². The van der Waals surface area contributed by atoms with Crippen LogP contribution in [0, 0.1) is 0 Å². The maximum absolute atomic E-state index is 12.9. The smallest absolute Gasteiger partial charge is 0.274 e. The molecule has 1 spiro atoms. The lowest BCUT2D eigenvalue weighted by atomic mass is 9.68. The average molecular weight is 435 g/mol. The lowest BCUT2D eigenvalue weighted by Crippen LogP contribution is -2.68. The Morgan fingerprint density at radius 1 is 1.25 bits per heavy atom. The summed E-state index contributed by atoms with van der Waals surface area (Å²) in [6.07, 6.45) is 4.50. The summed E-state index contributed by atoms with van der Waals surface area (Å²) in [7, 11) is 3.57. The van der Waals surface area contributed by atoms with Crippen molar-refractivity contribution >= 4 is 22.7 Å². The van der Waals surface area contributed by atoms with Crippen molar-refractivity contribution < 1.29 is 19.4 Å². The molecule has 9 nitrogen and oxygen atoms in total. The van der Waals surface area contributed by atoms with E-state index in [0.29, 0.717) is 25.3 Å². The summed E-state index contributed by atoms with van der Waals surface area (Å²) in [6.45, 7) is 2.71. The van der Waals surface area contributed by atoms with Gasteiger partial charge in [0.25, 0.3) is 5.91 Å². The van der Waals surface area contributed by atoms with E-state index in [4.69, 9.17) is 4.74 Å². The highest BCUT2D eigenvalue weighted by Crippen LogP contribution is 2.49. The second-order valence-corrected chi connectivity index (χ2v) is 8.58. The molecular weight excluding hydrogens is 410 g/mol. The minimum absolute atomic E-state index is 0.101. The number of aliphatic hydroxyl groups is 1. The summed E-state index contributed by atoms with van der Waals surface area (Å²) in [5, 5.41) is 11.3. The zero-order valence-electron chi connectivity index (χ0n) is 18.3. The number of aryl methyl sites for hydroxylation is 1. The Labute approximate surface area is 185 Å². The van der Waals surface area contributed by atoms with E-state index in [-0.39, 0.29) is 18.4 Å². The van der Waals surface area contributed by atoms with Crippen LogP contribution in [0.3, 0.4) is 0 Å². The van der Waals surface area contributed by atoms with Gasteiger partial charge in [-0.3, -0.25) is 14.6 Å². The van der Waals surface area contributed by atoms with Crippen LogP contribution in [-0.4, -0.2) is 74.6 Å². The van der Waals surface area contributed by atoms with Gasteiger partial charge in [0.1, 0.15) is 11.4 Å². The Balaban J connectivity index is 1.63. The number of amides is 2. The number of methoxy groups -OCH3 is 1. The van der Waals surface area contributed by atoms with E-state index in [0.717, 1.165) is 27.9 Å². The van der Waals surface area contributed by atoms with Crippen molar-refractivity contribution in [1.29, 1.82) is 0 Å². The third kappa shape index (κ3) is 2.81. The first-order chi connectivity index (χ1) is 15.4. The van der Waals surface area contributed by atoms with Gasteiger partial charge in [-0.25, -0.2) is 4.98 Å². The first-order valence-electron chi connectivity index (χ1n) is 10.5. The van der Waals surface area contributed by atoms with E-state index in [1.165, 1.54) is 25.5 Å². The molecule has 0 bridgehead atoms. The number of likely N-dealkylation sites (tertiary alicyclic amines) is 1. The van der Waals surface area contributed by atoms with Crippen molar-refractivity contribution in [1.82, 2.24) is 24.3 Å². The van der Waals surface area contributed by atoms with E-state index in [1.807, 2.05) is 29.8 Å². The number of carbonyl (C=O) groups is 2. The SMILES string of the molecule is COc1ccc2c3c(n(C)c2c1)[C@H](CO)N(C(C)=O)CC31CN(C(=O)c2cnccn2)C1. The molecule has 4 heterocycles. The number of rotatable bonds is 3. The topological polar surface area (TPSA) is 101 Å². The Bertz CT molecular complexity index is 1220. The molecule has 5 rings (SSSR count). The van der Waals surface area contributed by atoms with Gasteiger partial charge in [0.2, 0.25) is 5.91 Å². The molecule has 32 heavy (non-hydrogen) atoms. The van der Waals surface area contributed by atoms with Gasteiger partial charge < -0.3 is 24.2 Å². The van der Waals surface area contributed by atoms with Gasteiger partial charge in [0.05, 0.1) is 36.9 Å². The highest BCUT2D eigenvalue weighted by molar-refractivity contribution is 5.94. The molecule has 0 aliphatic carbocycles. The largest absolute Gasteiger partial charge is 0.497 e. The first kappa shape index (κ1) is 20.4. The molecular formula is C23H25N5O4. The summed E-state index contributed by atoms with van der Waals surface area (Å²) in [4.78, 5) is 37.1. The summed E-state index contributed by atoms with van der Waals surface area (Å²) in [5.41, 5.74) is 2.86. The van der Waals surface area contributed by atoms with E-state index < -0.39 is 11.5 Å². The number of carbonyl (C=O) groups excluding carboxylic acids is 2. The molecule has 0 saturated carbocycles. The third-order valence-electron chi connectivity index (χ3n) is 6.78. The lowest BCUT2D eigenvalue weighted by Gasteiger charge is -2.56. The average Bonchev–Trinajstić information content (AvgIpc) is 3.09. The zero-order chi connectivity index (χ0) is 22.6. The standard InChI is InChI=1S/C23H25N5O4/c1-14(30)28-13-23(11-27(12-23)22(31)17-9-24-6-7-25-17)20-16-5-4-15(32-3)8-18(16)26(2)21(20)19(28)10-29/h4-9,19,29H,10-13H2,1-3H3/t19-/m0/s1. The van der Waals surface area contributed by atoms with E-state index in [9.17, 15) is 14.7 Å². The fraction of sp³-hybridized carbons (Fsp3) is 0.391. The van der Waals surface area contributed by atoms with Crippen molar-refractivity contribution in [3.05, 3.63) is 53.7 Å². The van der Waals surface area contributed by atoms with Crippen molar-refractivity contribution in [3.8, 4) is 5.75 Å². The molecule has 1 aromatic carbocycles. The second-order valence-electron chi connectivity index (χ2n) is 8.58. The van der Waals surface area contributed by atoms with Crippen LogP contribution >= 0.6 is 0 Å². The number of fused-ring (bicyclic) bond motifs is 4. The van der Waals surface area contributed by atoms with Gasteiger partial charge in [-0.2, -0.15) is 0 Å². The maximum atomic E-state index is 12.9. The van der Waals surface area contributed by atoms with Gasteiger partial charge in [-0.05, 0) is 17.7 Å². The van der Waals surface area contributed by atoms with Gasteiger partial charge >= 0.3 is 0 Å². The Morgan fingerprint density at radius 3 is 2.66 bits per heavy atom. The normalized spacial score (nSPS) is 19.1. The summed E-state index contributed by atoms with van der Waals surface area (Å²) >= 11 is 0. The molecule has 2 amide bonds. The molecule has 3 aromatic rings. The zero-order valence-corrected chi connectivity index (χ0v) is 18.3. The Morgan fingerprint density at radius 2 is 2.03 bits per heavy atom. The first-order valence-corrected chi connectivity index (χ1v) is 10.5. The number of aliphatic hydroxyl groups excluding tert-OH is 1. The number of hydrogen-bond donors (Lipinski definition) is 1. The molecule has 0 unspecified atom stereocenters. The molecule has 2 aromatic heterocycles. The van der Waals surface area contributed by atoms with Gasteiger partial charge in [0.15, 0.2) is 0 Å². The molecule has 2 aliphatic rings. The number of hydrogen-bond acceptors (Lipinski definition) is 6. The Hall–Kier alpha value is -3.46. The minimum atomic E-state index is -0.443. The van der Waals surface area contributed by atoms with Gasteiger partial charge in [-0.15, -0.1) is 0 Å². The maximum Gasteiger partial charge on any atom is 0.274 e. The van der Waals surface area contributed by atoms with E-state index in [1.54, 1.807) is 16.9 Å². The van der Waals surface area contributed by atoms with Crippen LogP contribution in [0.5, 0.6) is 5.75 Å². The highest BCUT2D eigenvalue weighted by Gasteiger charge is 2.55. The summed E-state index contributed by atoms with van der Waals surface area (Å²) in [5.74, 6) is 0.461. The van der Waals surface area contributed by atoms with E-state index in [2.05, 4.69) is 9.97 Å². The molecule has 1 saturated heterocycles. The molecule has 1 atom stereocenters. The lowest BCUT2D eigenvalue weighted by molar-refractivity contribution is -0.136. The number of benzene rings is 1. The van der Waals surface area contributed by atoms with Crippen molar-refractivity contribution in [3.63, 3.8) is 0 Å². The number of aromatic nitrogens is 3. The predicted octanol–water partition coefficient (Wildman–Crippen LogP) is 1.27. The van der Waals surface area contributed by atoms with Crippen molar-refractivity contribution in [2.75, 3.05) is 33.4 Å². The van der Waals surface area contributed by atoms with Gasteiger partial charge in [0, 0.05) is 63.1 Å². The van der Waals surface area contributed by atoms with Crippen LogP contribution in [0.2, 0.25) is 0 Å². The fourth-order valence-corrected chi connectivity index (χ4v) is 5.35. The quantitative estimate of drug-likeness (QED) is 0.665. The van der Waals surface area contributed by atoms with Crippen LogP contribution < -0.4 is 4.74 Å². The predicted molar refractivity (Wildman–Crippen MR) is 116 cm³/mol. The summed E-state index contributed by atoms with van der Waals surface area (Å²) < 4.78 is 7.46. The number of ether oxygens (including phenoxy) is 1. The number of nitrogens with zero attached hydrogens (tertiary/aromatic N) is 5. The highest BCUT2D eigenvalue weighted by atomic mass is 16.5. The molecule has 0 radical (unpaired) electrons. The second kappa shape index (κ2) is 7.30. The van der Waals surface area contributed by atoms with Crippen LogP contribution in [0.1, 0.15) is 34.7 Å². The summed E-state index contributed by atoms with van der Waals surface area (Å²) in [6, 6.07) is 5.47. The van der Waals surface area contributed by atoms with Crippen LogP contribution in [-0.2, 0) is 17.3 Å². The monoisotopic (exact) mass is 435 g/mol. The van der Waals surface area contributed by atoms with Crippen LogP contribution in [0.25, 0.3) is 10.9 Å². The van der Waals surface area contributed by atoms with Gasteiger partial charge in [-0.1, -0.05) is 0 Å². The fourth-order valence-electron chi connectivity index (χ4n) is 5.35. The molecule has 9 heteroatoms. The van der Waals surface area contributed by atoms with Crippen molar-refractivity contribution in [2.45, 2.75) is 18.4 Å². The minimum Gasteiger partial charge on any atom is -0.497 e. The van der Waals surface area contributed by atoms with Crippen LogP contribution in [0.4, 0.5) is 0 Å². The molecule has 166 valence electrons. The Kier molecular flexibility index (Phi) is 4.67. The van der Waals surface area contributed by atoms with Crippen molar-refractivity contribution in [2.24, 2.45) is 7.05 Å².